The second-order valence-electron chi connectivity index (χ2n) is 11.9. The summed E-state index contributed by atoms with van der Waals surface area (Å²) in [5, 5.41) is 9.57. The van der Waals surface area contributed by atoms with Gasteiger partial charge in [-0.1, -0.05) is 142 Å². The van der Waals surface area contributed by atoms with Crippen molar-refractivity contribution < 1.29 is 26.7 Å². The second kappa shape index (κ2) is 30.7. The Kier molecular flexibility index (Phi) is 32.3. The number of hydrogen-bond acceptors (Lipinski definition) is 5. The molecule has 0 amide bonds. The van der Waals surface area contributed by atoms with E-state index in [4.69, 9.17) is 0 Å². The van der Waals surface area contributed by atoms with Crippen LogP contribution < -0.4 is 0 Å². The molecule has 0 bridgehead atoms. The quantitative estimate of drug-likeness (QED) is 0.0414. The molecule has 0 heterocycles. The van der Waals surface area contributed by atoms with Gasteiger partial charge in [0.25, 0.3) is 0 Å². The van der Waals surface area contributed by atoms with E-state index in [1.54, 1.807) is 0 Å². The van der Waals surface area contributed by atoms with Crippen molar-refractivity contribution >= 4 is 10.4 Å². The molecular formula is C32H69NO5S. The molecule has 1 N–H and O–H groups in total. The average Bonchev–Trinajstić information content (AvgIpc) is 2.90. The molecule has 0 aromatic rings. The van der Waals surface area contributed by atoms with Gasteiger partial charge < -0.3 is 14.1 Å². The molecule has 0 unspecified atom stereocenters. The highest BCUT2D eigenvalue weighted by atomic mass is 32.3. The first-order chi connectivity index (χ1) is 18.7. The maximum Gasteiger partial charge on any atom is 0.217 e. The molecule has 6 nitrogen and oxygen atoms in total. The van der Waals surface area contributed by atoms with Crippen LogP contribution in [0.15, 0.2) is 0 Å². The van der Waals surface area contributed by atoms with Crippen LogP contribution >= 0.6 is 0 Å². The van der Waals surface area contributed by atoms with Crippen molar-refractivity contribution in [2.45, 2.75) is 168 Å². The van der Waals surface area contributed by atoms with E-state index in [-0.39, 0.29) is 0 Å². The van der Waals surface area contributed by atoms with Crippen molar-refractivity contribution in [3.05, 3.63) is 0 Å². The zero-order valence-electron chi connectivity index (χ0n) is 26.7. The molecular weight excluding hydrogens is 510 g/mol. The number of aliphatic hydroxyl groups is 1. The molecule has 0 fully saturated rings. The topological polar surface area (TPSA) is 86.7 Å². The van der Waals surface area contributed by atoms with Crippen LogP contribution in [-0.4, -0.2) is 63.0 Å². The largest absolute Gasteiger partial charge is 0.726 e. The zero-order valence-corrected chi connectivity index (χ0v) is 27.6. The van der Waals surface area contributed by atoms with Gasteiger partial charge in [0.1, 0.15) is 6.54 Å². The third-order valence-electron chi connectivity index (χ3n) is 7.95. The Bertz CT molecular complexity index is 543. The van der Waals surface area contributed by atoms with E-state index in [1.807, 2.05) is 0 Å². The summed E-state index contributed by atoms with van der Waals surface area (Å²) in [6.45, 7) is 8.39. The van der Waals surface area contributed by atoms with Crippen LogP contribution in [-0.2, 0) is 14.6 Å². The predicted octanol–water partition coefficient (Wildman–Crippen LogP) is 8.92. The average molecular weight is 580 g/mol. The van der Waals surface area contributed by atoms with Crippen LogP contribution in [0.4, 0.5) is 0 Å². The molecule has 0 aliphatic carbocycles. The molecule has 39 heavy (non-hydrogen) atoms. The second-order valence-corrected chi connectivity index (χ2v) is 13.0. The van der Waals surface area contributed by atoms with Gasteiger partial charge in [0, 0.05) is 0 Å². The number of likely N-dealkylation sites (N-methyl/N-ethyl adjacent to an activating group) is 1. The number of aliphatic hydroxyl groups excluding tert-OH is 1. The van der Waals surface area contributed by atoms with Crippen LogP contribution in [0.5, 0.6) is 0 Å². The Morgan fingerprint density at radius 3 is 0.974 bits per heavy atom. The van der Waals surface area contributed by atoms with Gasteiger partial charge in [-0.3, -0.25) is 4.18 Å². The van der Waals surface area contributed by atoms with Gasteiger partial charge in [-0.15, -0.1) is 0 Å². The summed E-state index contributed by atoms with van der Waals surface area (Å²) in [4.78, 5) is 0. The minimum absolute atomic E-state index is 0.340. The number of quaternary nitrogens is 1. The molecule has 0 aromatic heterocycles. The van der Waals surface area contributed by atoms with Gasteiger partial charge in [0.2, 0.25) is 10.4 Å². The van der Waals surface area contributed by atoms with Gasteiger partial charge in [0.15, 0.2) is 0 Å². The van der Waals surface area contributed by atoms with Crippen LogP contribution in [0.25, 0.3) is 0 Å². The van der Waals surface area contributed by atoms with Gasteiger partial charge >= 0.3 is 0 Å². The Balaban J connectivity index is 0. The van der Waals surface area contributed by atoms with Crippen LogP contribution in [0.2, 0.25) is 0 Å². The Hall–Kier alpha value is -0.210. The molecule has 7 heteroatoms. The minimum Gasteiger partial charge on any atom is -0.726 e. The standard InChI is InChI=1S/C31H66NO.CH4O4S/c1-4-6-8-10-12-14-16-18-20-22-24-26-28-32(3,30-31-33)29-27-25-23-21-19-17-15-13-11-9-7-5-2;1-5-6(2,3)4/h33H,4-31H2,1-3H3;1H3,(H,2,3,4)/q+1;/p-1. The molecule has 0 spiro atoms. The highest BCUT2D eigenvalue weighted by Gasteiger charge is 2.19. The van der Waals surface area contributed by atoms with Gasteiger partial charge in [-0.25, -0.2) is 8.42 Å². The van der Waals surface area contributed by atoms with Crippen molar-refractivity contribution in [2.75, 3.05) is 40.4 Å². The van der Waals surface area contributed by atoms with Crippen molar-refractivity contribution in [2.24, 2.45) is 0 Å². The Morgan fingerprint density at radius 1 is 0.538 bits per heavy atom. The maximum atomic E-state index is 9.57. The van der Waals surface area contributed by atoms with E-state index in [1.165, 1.54) is 167 Å². The smallest absolute Gasteiger partial charge is 0.217 e. The monoisotopic (exact) mass is 579 g/mol. The first-order valence-corrected chi connectivity index (χ1v) is 18.0. The van der Waals surface area contributed by atoms with Crippen molar-refractivity contribution in [3.63, 3.8) is 0 Å². The van der Waals surface area contributed by atoms with E-state index in [0.29, 0.717) is 6.61 Å². The molecule has 238 valence electrons. The molecule has 0 aliphatic heterocycles. The first-order valence-electron chi connectivity index (χ1n) is 16.7. The number of unbranched alkanes of at least 4 members (excludes halogenated alkanes) is 22. The Morgan fingerprint density at radius 2 is 0.769 bits per heavy atom. The summed E-state index contributed by atoms with van der Waals surface area (Å²) in [5.41, 5.74) is 0. The lowest BCUT2D eigenvalue weighted by Gasteiger charge is -2.34. The van der Waals surface area contributed by atoms with Crippen molar-refractivity contribution in [1.29, 1.82) is 0 Å². The van der Waals surface area contributed by atoms with E-state index in [9.17, 15) is 18.1 Å². The fraction of sp³-hybridized carbons (Fsp3) is 1.00. The highest BCUT2D eigenvalue weighted by molar-refractivity contribution is 7.80. The minimum atomic E-state index is -4.41. The summed E-state index contributed by atoms with van der Waals surface area (Å²) >= 11 is 0. The van der Waals surface area contributed by atoms with Crippen molar-refractivity contribution in [3.8, 4) is 0 Å². The van der Waals surface area contributed by atoms with Gasteiger partial charge in [-0.05, 0) is 25.7 Å². The summed E-state index contributed by atoms with van der Waals surface area (Å²) in [6.07, 6.45) is 34.1. The highest BCUT2D eigenvalue weighted by Crippen LogP contribution is 2.16. The molecule has 0 saturated carbocycles. The van der Waals surface area contributed by atoms with Crippen molar-refractivity contribution in [1.82, 2.24) is 0 Å². The first kappa shape index (κ1) is 40.9. The van der Waals surface area contributed by atoms with Crippen LogP contribution in [0, 0.1) is 0 Å². The fourth-order valence-electron chi connectivity index (χ4n) is 5.25. The SMILES string of the molecule is CCCCCCCCCCCCCC[N+](C)(CCO)CCCCCCCCCCCCCC.COS(=O)(=O)[O-]. The normalized spacial score (nSPS) is 11.9. The van der Waals surface area contributed by atoms with Crippen LogP contribution in [0.1, 0.15) is 168 Å². The predicted molar refractivity (Wildman–Crippen MR) is 167 cm³/mol. The maximum absolute atomic E-state index is 9.57. The summed E-state index contributed by atoms with van der Waals surface area (Å²) in [6, 6.07) is 0. The number of rotatable bonds is 29. The molecule has 0 radical (unpaired) electrons. The lowest BCUT2D eigenvalue weighted by molar-refractivity contribution is -0.910. The van der Waals surface area contributed by atoms with E-state index < -0.39 is 10.4 Å². The zero-order chi connectivity index (χ0) is 29.5. The fourth-order valence-corrected chi connectivity index (χ4v) is 5.25. The summed E-state index contributed by atoms with van der Waals surface area (Å²) in [5.74, 6) is 0. The number of nitrogens with zero attached hydrogens (tertiary/aromatic N) is 1. The Labute approximate surface area is 245 Å². The van der Waals surface area contributed by atoms with E-state index >= 15 is 0 Å². The molecule has 0 aromatic carbocycles. The molecule has 0 rings (SSSR count). The summed E-state index contributed by atoms with van der Waals surface area (Å²) in [7, 11) is -1.22. The lowest BCUT2D eigenvalue weighted by Crippen LogP contribution is -2.47. The van der Waals surface area contributed by atoms with E-state index in [0.717, 1.165) is 18.1 Å². The van der Waals surface area contributed by atoms with Gasteiger partial charge in [0.05, 0.1) is 33.9 Å². The lowest BCUT2D eigenvalue weighted by atomic mass is 10.0. The molecule has 0 atom stereocenters. The number of hydrogen-bond donors (Lipinski definition) is 1. The van der Waals surface area contributed by atoms with E-state index in [2.05, 4.69) is 25.1 Å². The molecule has 0 aliphatic rings. The third-order valence-corrected chi connectivity index (χ3v) is 8.36. The third kappa shape index (κ3) is 35.8. The van der Waals surface area contributed by atoms with Gasteiger partial charge in [-0.2, -0.15) is 0 Å². The van der Waals surface area contributed by atoms with Crippen LogP contribution in [0.3, 0.4) is 0 Å². The summed E-state index contributed by atoms with van der Waals surface area (Å²) < 4.78 is 32.1. The molecule has 0 saturated heterocycles.